The molecule has 11 nitrogen and oxygen atoms in total. The predicted octanol–water partition coefficient (Wildman–Crippen LogP) is -0.348. The fourth-order valence-electron chi connectivity index (χ4n) is 1.61. The molecule has 128 valence electrons. The summed E-state index contributed by atoms with van der Waals surface area (Å²) < 4.78 is 14.3. The van der Waals surface area contributed by atoms with E-state index >= 15 is 0 Å². The Kier molecular flexibility index (Phi) is 8.97. The van der Waals surface area contributed by atoms with Gasteiger partial charge < -0.3 is 24.1 Å². The molecule has 0 aromatic carbocycles. The third-order valence-electron chi connectivity index (χ3n) is 2.43. The number of carbonyl (C=O) groups excluding carboxylic acids is 4. The topological polar surface area (TPSA) is 165 Å². The van der Waals surface area contributed by atoms with Crippen LogP contribution in [0.3, 0.4) is 0 Å². The van der Waals surface area contributed by atoms with Gasteiger partial charge in [-0.05, 0) is 5.53 Å². The van der Waals surface area contributed by atoms with E-state index in [4.69, 9.17) is 15.0 Å². The molecular formula is C12H17N3O8. The lowest BCUT2D eigenvalue weighted by Gasteiger charge is -2.30. The zero-order valence-electron chi connectivity index (χ0n) is 12.7. The molecule has 0 aliphatic heterocycles. The highest BCUT2D eigenvalue weighted by molar-refractivity contribution is 5.69. The van der Waals surface area contributed by atoms with Crippen LogP contribution in [0.1, 0.15) is 20.8 Å². The summed E-state index contributed by atoms with van der Waals surface area (Å²) in [6.07, 6.45) is -4.63. The fourth-order valence-corrected chi connectivity index (χ4v) is 1.61. The minimum absolute atomic E-state index is 0.169. The van der Waals surface area contributed by atoms with E-state index in [2.05, 4.69) is 14.8 Å². The van der Waals surface area contributed by atoms with E-state index in [1.165, 1.54) is 0 Å². The van der Waals surface area contributed by atoms with Gasteiger partial charge in [0, 0.05) is 25.7 Å². The average Bonchev–Trinajstić information content (AvgIpc) is 2.45. The summed E-state index contributed by atoms with van der Waals surface area (Å²) >= 11 is 0. The summed E-state index contributed by atoms with van der Waals surface area (Å²) in [4.78, 5) is 46.6. The lowest BCUT2D eigenvalue weighted by molar-refractivity contribution is -0.181. The second-order valence-corrected chi connectivity index (χ2v) is 4.35. The summed E-state index contributed by atoms with van der Waals surface area (Å²) in [5.41, 5.74) is 8.45. The molecule has 0 heterocycles. The number of carbonyl (C=O) groups is 4. The number of ether oxygens (including phenoxy) is 3. The van der Waals surface area contributed by atoms with E-state index in [0.29, 0.717) is 0 Å². The number of aliphatic hydroxyl groups excluding tert-OH is 1. The smallest absolute Gasteiger partial charge is 0.303 e. The molecule has 0 amide bonds. The minimum Gasteiger partial charge on any atom is -0.463 e. The Balaban J connectivity index is 5.54. The van der Waals surface area contributed by atoms with Gasteiger partial charge >= 0.3 is 17.9 Å². The molecule has 0 aromatic rings. The van der Waals surface area contributed by atoms with Crippen LogP contribution in [0.25, 0.3) is 10.4 Å². The van der Waals surface area contributed by atoms with E-state index < -0.39 is 48.9 Å². The SMILES string of the molecule is CC(=O)OC[C@@H](O)[C@H](OC(C)=O)[C@H](OC(C)=O)[C@H](C=O)N=[N+]=[N-]. The highest BCUT2D eigenvalue weighted by Gasteiger charge is 2.39. The molecule has 0 fully saturated rings. The van der Waals surface area contributed by atoms with E-state index in [0.717, 1.165) is 20.8 Å². The summed E-state index contributed by atoms with van der Waals surface area (Å²) in [5, 5.41) is 13.1. The Labute approximate surface area is 131 Å². The largest absolute Gasteiger partial charge is 0.463 e. The van der Waals surface area contributed by atoms with Gasteiger partial charge in [0.2, 0.25) is 0 Å². The maximum absolute atomic E-state index is 11.2. The molecule has 0 aliphatic rings. The van der Waals surface area contributed by atoms with E-state index in [9.17, 15) is 24.3 Å². The number of rotatable bonds is 9. The van der Waals surface area contributed by atoms with Crippen molar-refractivity contribution in [2.75, 3.05) is 6.61 Å². The number of hydrogen-bond acceptors (Lipinski definition) is 9. The van der Waals surface area contributed by atoms with E-state index in [1.807, 2.05) is 0 Å². The van der Waals surface area contributed by atoms with Crippen LogP contribution in [0.4, 0.5) is 0 Å². The van der Waals surface area contributed by atoms with Crippen molar-refractivity contribution in [2.45, 2.75) is 45.1 Å². The van der Waals surface area contributed by atoms with E-state index in [-0.39, 0.29) is 6.29 Å². The molecule has 0 aliphatic carbocycles. The molecule has 0 aromatic heterocycles. The van der Waals surface area contributed by atoms with Gasteiger partial charge in [-0.2, -0.15) is 0 Å². The highest BCUT2D eigenvalue weighted by atomic mass is 16.6. The van der Waals surface area contributed by atoms with Crippen LogP contribution in [0.15, 0.2) is 5.11 Å². The van der Waals surface area contributed by atoms with Crippen LogP contribution in [0, 0.1) is 0 Å². The third-order valence-corrected chi connectivity index (χ3v) is 2.43. The second kappa shape index (κ2) is 10.1. The Hall–Kier alpha value is -2.65. The first-order valence-electron chi connectivity index (χ1n) is 6.38. The lowest BCUT2D eigenvalue weighted by Crippen LogP contribution is -2.50. The third kappa shape index (κ3) is 7.79. The molecule has 0 saturated heterocycles. The first kappa shape index (κ1) is 20.3. The Morgan fingerprint density at radius 3 is 2.04 bits per heavy atom. The van der Waals surface area contributed by atoms with Gasteiger partial charge in [0.15, 0.2) is 12.2 Å². The van der Waals surface area contributed by atoms with Gasteiger partial charge in [-0.1, -0.05) is 5.11 Å². The number of nitrogens with zero attached hydrogens (tertiary/aromatic N) is 3. The van der Waals surface area contributed by atoms with Gasteiger partial charge in [-0.25, -0.2) is 0 Å². The monoisotopic (exact) mass is 331 g/mol. The molecule has 0 radical (unpaired) electrons. The van der Waals surface area contributed by atoms with Crippen molar-refractivity contribution in [3.63, 3.8) is 0 Å². The molecule has 1 N–H and O–H groups in total. The maximum Gasteiger partial charge on any atom is 0.303 e. The minimum atomic E-state index is -1.62. The van der Waals surface area contributed by atoms with Crippen molar-refractivity contribution in [1.82, 2.24) is 0 Å². The zero-order chi connectivity index (χ0) is 18.0. The summed E-state index contributed by atoms with van der Waals surface area (Å²) in [7, 11) is 0. The highest BCUT2D eigenvalue weighted by Crippen LogP contribution is 2.16. The van der Waals surface area contributed by atoms with Crippen molar-refractivity contribution in [3.05, 3.63) is 10.4 Å². The van der Waals surface area contributed by atoms with Crippen LogP contribution in [0.2, 0.25) is 0 Å². The van der Waals surface area contributed by atoms with Crippen LogP contribution in [-0.2, 0) is 33.4 Å². The maximum atomic E-state index is 11.2. The molecular weight excluding hydrogens is 314 g/mol. The first-order chi connectivity index (χ1) is 10.7. The van der Waals surface area contributed by atoms with Crippen LogP contribution in [-0.4, -0.2) is 60.3 Å². The van der Waals surface area contributed by atoms with Crippen molar-refractivity contribution >= 4 is 24.2 Å². The van der Waals surface area contributed by atoms with Crippen molar-refractivity contribution in [1.29, 1.82) is 0 Å². The number of aliphatic hydroxyl groups is 1. The number of aldehydes is 1. The lowest BCUT2D eigenvalue weighted by atomic mass is 10.0. The van der Waals surface area contributed by atoms with Crippen LogP contribution >= 0.6 is 0 Å². The summed E-state index contributed by atoms with van der Waals surface area (Å²) in [6, 6.07) is -1.56. The average molecular weight is 331 g/mol. The van der Waals surface area contributed by atoms with E-state index in [1.54, 1.807) is 0 Å². The normalized spacial score (nSPS) is 15.1. The summed E-state index contributed by atoms with van der Waals surface area (Å²) in [5.74, 6) is -2.44. The molecule has 0 bridgehead atoms. The molecule has 4 atom stereocenters. The molecule has 23 heavy (non-hydrogen) atoms. The molecule has 0 unspecified atom stereocenters. The number of esters is 3. The summed E-state index contributed by atoms with van der Waals surface area (Å²) in [6.45, 7) is 2.52. The second-order valence-electron chi connectivity index (χ2n) is 4.35. The number of hydrogen-bond donors (Lipinski definition) is 1. The van der Waals surface area contributed by atoms with Crippen molar-refractivity contribution in [3.8, 4) is 0 Å². The van der Waals surface area contributed by atoms with Gasteiger partial charge in [0.05, 0.1) is 0 Å². The molecule has 0 rings (SSSR count). The number of azide groups is 1. The van der Waals surface area contributed by atoms with Crippen molar-refractivity contribution < 1.29 is 38.5 Å². The fraction of sp³-hybridized carbons (Fsp3) is 0.667. The molecule has 0 saturated carbocycles. The quantitative estimate of drug-likeness (QED) is 0.149. The van der Waals surface area contributed by atoms with Gasteiger partial charge in [0.1, 0.15) is 25.0 Å². The first-order valence-corrected chi connectivity index (χ1v) is 6.38. The predicted molar refractivity (Wildman–Crippen MR) is 72.7 cm³/mol. The van der Waals surface area contributed by atoms with Crippen molar-refractivity contribution in [2.24, 2.45) is 5.11 Å². The Morgan fingerprint density at radius 2 is 1.65 bits per heavy atom. The van der Waals surface area contributed by atoms with Crippen LogP contribution in [0.5, 0.6) is 0 Å². The van der Waals surface area contributed by atoms with Gasteiger partial charge in [-0.15, -0.1) is 0 Å². The molecule has 0 spiro atoms. The Bertz CT molecular complexity index is 503. The standard InChI is InChI=1S/C12H17N3O8/c1-6(17)21-5-10(20)12(23-8(3)19)11(22-7(2)18)9(4-16)14-15-13/h4,9-12,20H,5H2,1-3H3/t9-,10+,11+,12-/m0/s1. The Morgan fingerprint density at radius 1 is 1.13 bits per heavy atom. The molecule has 11 heteroatoms. The van der Waals surface area contributed by atoms with Gasteiger partial charge in [0.25, 0.3) is 0 Å². The van der Waals surface area contributed by atoms with Crippen LogP contribution < -0.4 is 0 Å². The van der Waals surface area contributed by atoms with Gasteiger partial charge in [-0.3, -0.25) is 14.4 Å². The zero-order valence-corrected chi connectivity index (χ0v) is 12.7.